The minimum absolute atomic E-state index is 0.0216. The van der Waals surface area contributed by atoms with Crippen LogP contribution in [0.1, 0.15) is 47.8 Å². The summed E-state index contributed by atoms with van der Waals surface area (Å²) in [4.78, 5) is 22.5. The molecule has 0 spiro atoms. The van der Waals surface area contributed by atoms with Crippen molar-refractivity contribution in [2.45, 2.75) is 33.1 Å². The number of nitrogens with one attached hydrogen (secondary N) is 2. The molecule has 2 heterocycles. The van der Waals surface area contributed by atoms with Gasteiger partial charge in [0.25, 0.3) is 5.91 Å². The predicted molar refractivity (Wildman–Crippen MR) is 161 cm³/mol. The lowest BCUT2D eigenvalue weighted by Crippen LogP contribution is -2.15. The van der Waals surface area contributed by atoms with Crippen molar-refractivity contribution in [1.29, 1.82) is 0 Å². The fourth-order valence-corrected chi connectivity index (χ4v) is 4.45. The number of hydrogen-bond acceptors (Lipinski definition) is 6. The van der Waals surface area contributed by atoms with Gasteiger partial charge in [0, 0.05) is 46.7 Å². The number of amidine groups is 1. The number of rotatable bonds is 6. The highest BCUT2D eigenvalue weighted by Gasteiger charge is 2.17. The molecule has 0 fully saturated rings. The van der Waals surface area contributed by atoms with Crippen LogP contribution in [0.15, 0.2) is 90.4 Å². The molecule has 0 aliphatic heterocycles. The minimum Gasteiger partial charge on any atom is -0.382 e. The number of nitrogens with two attached hydrogens (primary N) is 2. The van der Waals surface area contributed by atoms with E-state index in [1.807, 2.05) is 90.4 Å². The largest absolute Gasteiger partial charge is 0.382 e. The molecular weight excluding hydrogens is 500 g/mol. The Morgan fingerprint density at radius 1 is 0.975 bits per heavy atom. The summed E-state index contributed by atoms with van der Waals surface area (Å²) in [5.74, 6) is 5.97. The number of benzene rings is 3. The van der Waals surface area contributed by atoms with Crippen LogP contribution in [-0.2, 0) is 5.41 Å². The molecule has 0 saturated carbocycles. The van der Waals surface area contributed by atoms with Crippen LogP contribution in [0.25, 0.3) is 16.9 Å². The monoisotopic (exact) mass is 532 g/mol. The molecule has 6 N–H and O–H groups in total. The second-order valence-corrected chi connectivity index (χ2v) is 10.6. The van der Waals surface area contributed by atoms with Gasteiger partial charge in [-0.1, -0.05) is 45.0 Å². The summed E-state index contributed by atoms with van der Waals surface area (Å²) in [6, 6.07) is 20.9. The third kappa shape index (κ3) is 5.35. The Hall–Kier alpha value is -5.18. The fourth-order valence-electron chi connectivity index (χ4n) is 4.45. The number of amides is 1. The maximum absolute atomic E-state index is 13.1. The number of carbonyl (C=O) groups is 1. The van der Waals surface area contributed by atoms with Gasteiger partial charge in [-0.3, -0.25) is 4.79 Å². The van der Waals surface area contributed by atoms with Crippen molar-refractivity contribution in [3.8, 4) is 11.3 Å². The average Bonchev–Trinajstić information content (AvgIpc) is 3.43. The van der Waals surface area contributed by atoms with Crippen LogP contribution in [0, 0.1) is 6.92 Å². The van der Waals surface area contributed by atoms with Gasteiger partial charge in [0.15, 0.2) is 11.5 Å². The highest BCUT2D eigenvalue weighted by molar-refractivity contribution is 6.05. The number of hydrazone groups is 1. The molecule has 0 aliphatic carbocycles. The second kappa shape index (κ2) is 10.5. The van der Waals surface area contributed by atoms with Gasteiger partial charge in [0.1, 0.15) is 5.84 Å². The van der Waals surface area contributed by atoms with E-state index in [0.29, 0.717) is 17.0 Å². The summed E-state index contributed by atoms with van der Waals surface area (Å²) in [6.45, 7) is 8.43. The molecule has 5 rings (SSSR count). The summed E-state index contributed by atoms with van der Waals surface area (Å²) in [7, 11) is 0. The second-order valence-electron chi connectivity index (χ2n) is 10.6. The standard InChI is InChI=1S/C31H32N8O/c1-19-24(6-5-7-25(19)37-30(40)21-8-12-22(13-9-21)31(2,3)4)26-18-39-17-16-34-29(39)28(36-26)35-23-14-10-20(11-15-23)27(32)38-33/h5-18H,33H2,1-4H3,(H2,32,38)(H,35,36)(H,37,40). The average molecular weight is 533 g/mol. The van der Waals surface area contributed by atoms with Gasteiger partial charge in [0.2, 0.25) is 0 Å². The van der Waals surface area contributed by atoms with E-state index in [9.17, 15) is 4.79 Å². The molecule has 9 heteroatoms. The van der Waals surface area contributed by atoms with E-state index in [1.165, 1.54) is 5.56 Å². The lowest BCUT2D eigenvalue weighted by atomic mass is 9.86. The smallest absolute Gasteiger partial charge is 0.255 e. The van der Waals surface area contributed by atoms with Crippen LogP contribution in [-0.4, -0.2) is 26.1 Å². The normalized spacial score (nSPS) is 11.9. The maximum atomic E-state index is 13.1. The zero-order chi connectivity index (χ0) is 28.4. The lowest BCUT2D eigenvalue weighted by molar-refractivity contribution is 0.102. The molecule has 0 bridgehead atoms. The van der Waals surface area contributed by atoms with Crippen LogP contribution in [0.3, 0.4) is 0 Å². The van der Waals surface area contributed by atoms with Crippen molar-refractivity contribution in [3.05, 3.63) is 108 Å². The maximum Gasteiger partial charge on any atom is 0.255 e. The van der Waals surface area contributed by atoms with Gasteiger partial charge in [-0.2, -0.15) is 5.10 Å². The van der Waals surface area contributed by atoms with Crippen LogP contribution in [0.4, 0.5) is 17.2 Å². The van der Waals surface area contributed by atoms with E-state index in [4.69, 9.17) is 16.6 Å². The molecule has 9 nitrogen and oxygen atoms in total. The Labute approximate surface area is 233 Å². The number of anilines is 3. The Kier molecular flexibility index (Phi) is 6.96. The third-order valence-electron chi connectivity index (χ3n) is 6.83. The van der Waals surface area contributed by atoms with E-state index >= 15 is 0 Å². The van der Waals surface area contributed by atoms with E-state index in [1.54, 1.807) is 6.20 Å². The van der Waals surface area contributed by atoms with Crippen molar-refractivity contribution >= 4 is 34.6 Å². The van der Waals surface area contributed by atoms with Gasteiger partial charge < -0.3 is 26.6 Å². The van der Waals surface area contributed by atoms with Crippen LogP contribution in [0.5, 0.6) is 0 Å². The molecule has 0 saturated heterocycles. The number of imidazole rings is 1. The highest BCUT2D eigenvalue weighted by Crippen LogP contribution is 2.31. The van der Waals surface area contributed by atoms with Gasteiger partial charge in [-0.25, -0.2) is 9.97 Å². The van der Waals surface area contributed by atoms with Crippen LogP contribution < -0.4 is 22.2 Å². The van der Waals surface area contributed by atoms with Gasteiger partial charge >= 0.3 is 0 Å². The molecule has 5 aromatic rings. The molecule has 2 aromatic heterocycles. The summed E-state index contributed by atoms with van der Waals surface area (Å²) in [5.41, 5.74) is 13.1. The van der Waals surface area contributed by atoms with Crippen LogP contribution in [0.2, 0.25) is 0 Å². The quantitative estimate of drug-likeness (QED) is 0.0976. The summed E-state index contributed by atoms with van der Waals surface area (Å²) in [5, 5.41) is 9.96. The van der Waals surface area contributed by atoms with Crippen LogP contribution >= 0.6 is 0 Å². The molecule has 0 unspecified atom stereocenters. The lowest BCUT2D eigenvalue weighted by Gasteiger charge is -2.19. The molecule has 3 aromatic carbocycles. The topological polar surface area (TPSA) is 136 Å². The van der Waals surface area contributed by atoms with Gasteiger partial charge in [-0.15, -0.1) is 0 Å². The van der Waals surface area contributed by atoms with Crippen molar-refractivity contribution < 1.29 is 4.79 Å². The molecule has 0 aliphatic rings. The minimum atomic E-state index is -0.162. The summed E-state index contributed by atoms with van der Waals surface area (Å²) in [6.07, 6.45) is 5.52. The molecule has 0 radical (unpaired) electrons. The molecule has 40 heavy (non-hydrogen) atoms. The SMILES string of the molecule is Cc1c(NC(=O)c2ccc(C(C)(C)C)cc2)cccc1-c1cn2ccnc2c(Nc2ccc(/C(N)=N/N)cc2)n1. The van der Waals surface area contributed by atoms with Gasteiger partial charge in [-0.05, 0) is 65.9 Å². The highest BCUT2D eigenvalue weighted by atomic mass is 16.1. The van der Waals surface area contributed by atoms with Crippen molar-refractivity contribution in [1.82, 2.24) is 14.4 Å². The van der Waals surface area contributed by atoms with E-state index in [-0.39, 0.29) is 17.2 Å². The van der Waals surface area contributed by atoms with Crippen molar-refractivity contribution in [2.75, 3.05) is 10.6 Å². The molecule has 202 valence electrons. The first-order valence-electron chi connectivity index (χ1n) is 12.9. The van der Waals surface area contributed by atoms with Crippen molar-refractivity contribution in [2.24, 2.45) is 16.7 Å². The third-order valence-corrected chi connectivity index (χ3v) is 6.83. The number of nitrogens with zero attached hydrogens (tertiary/aromatic N) is 4. The summed E-state index contributed by atoms with van der Waals surface area (Å²) >= 11 is 0. The number of hydrogen-bond donors (Lipinski definition) is 4. The van der Waals surface area contributed by atoms with Gasteiger partial charge in [0.05, 0.1) is 5.69 Å². The number of fused-ring (bicyclic) bond motifs is 1. The van der Waals surface area contributed by atoms with E-state index in [2.05, 4.69) is 41.5 Å². The predicted octanol–water partition coefficient (Wildman–Crippen LogP) is 5.58. The molecule has 0 atom stereocenters. The Morgan fingerprint density at radius 2 is 1.68 bits per heavy atom. The zero-order valence-electron chi connectivity index (χ0n) is 22.9. The first-order valence-corrected chi connectivity index (χ1v) is 12.9. The zero-order valence-corrected chi connectivity index (χ0v) is 22.9. The van der Waals surface area contributed by atoms with E-state index < -0.39 is 0 Å². The Morgan fingerprint density at radius 3 is 2.35 bits per heavy atom. The molecular formula is C31H32N8O. The summed E-state index contributed by atoms with van der Waals surface area (Å²) < 4.78 is 1.92. The van der Waals surface area contributed by atoms with E-state index in [0.717, 1.165) is 33.8 Å². The first kappa shape index (κ1) is 26.4. The Bertz CT molecular complexity index is 1710. The van der Waals surface area contributed by atoms with Crippen molar-refractivity contribution in [3.63, 3.8) is 0 Å². The molecule has 1 amide bonds. The fraction of sp³-hybridized carbons (Fsp3) is 0.161. The number of aromatic nitrogens is 3. The number of carbonyl (C=O) groups excluding carboxylic acids is 1. The first-order chi connectivity index (χ1) is 19.1. The Balaban J connectivity index is 1.44.